The molecule has 3 amide bonds. The summed E-state index contributed by atoms with van der Waals surface area (Å²) in [5, 5.41) is 11.6. The molecule has 0 fully saturated rings. The number of fused-ring (bicyclic) bond motifs is 1. The first-order valence-corrected chi connectivity index (χ1v) is 13.0. The number of hydrogen-bond acceptors (Lipinski definition) is 6. The van der Waals surface area contributed by atoms with Crippen molar-refractivity contribution in [2.75, 3.05) is 16.0 Å². The van der Waals surface area contributed by atoms with Crippen LogP contribution < -0.4 is 10.2 Å². The van der Waals surface area contributed by atoms with Gasteiger partial charge in [-0.3, -0.25) is 14.4 Å². The summed E-state index contributed by atoms with van der Waals surface area (Å²) in [5.74, 6) is -1.01. The zero-order valence-corrected chi connectivity index (χ0v) is 21.8. The van der Waals surface area contributed by atoms with Crippen molar-refractivity contribution in [1.82, 2.24) is 14.8 Å². The smallest absolute Gasteiger partial charge is 0.266 e. The summed E-state index contributed by atoms with van der Waals surface area (Å²) < 4.78 is 16.4. The van der Waals surface area contributed by atoms with E-state index in [9.17, 15) is 18.8 Å². The van der Waals surface area contributed by atoms with Crippen LogP contribution in [0.25, 0.3) is 11.4 Å². The lowest BCUT2D eigenvalue weighted by atomic mass is 10.1. The molecule has 0 aliphatic carbocycles. The Bertz CT molecular complexity index is 1500. The zero-order chi connectivity index (χ0) is 26.1. The number of thioether (sulfide) groups is 1. The van der Waals surface area contributed by atoms with E-state index in [0.29, 0.717) is 38.8 Å². The summed E-state index contributed by atoms with van der Waals surface area (Å²) in [6.07, 6.45) is 0. The second-order valence-corrected chi connectivity index (χ2v) is 9.91. The van der Waals surface area contributed by atoms with Gasteiger partial charge in [-0.1, -0.05) is 39.8 Å². The van der Waals surface area contributed by atoms with Crippen LogP contribution in [0.2, 0.25) is 0 Å². The highest BCUT2D eigenvalue weighted by molar-refractivity contribution is 9.10. The van der Waals surface area contributed by atoms with E-state index in [0.717, 1.165) is 10.5 Å². The lowest BCUT2D eigenvalue weighted by molar-refractivity contribution is -0.113. The SMILES string of the molecule is CCn1c(SCC(=O)Nc2ccc(Br)cc2F)nnc1-c1ccc(N2C(=O)c3ccccc3C2=O)cc1. The number of halogens is 2. The molecule has 0 spiro atoms. The number of nitrogens with zero attached hydrogens (tertiary/aromatic N) is 4. The first-order chi connectivity index (χ1) is 17.9. The van der Waals surface area contributed by atoms with Gasteiger partial charge in [0.05, 0.1) is 28.3 Å². The van der Waals surface area contributed by atoms with Gasteiger partial charge in [0.2, 0.25) is 5.91 Å². The Kier molecular flexibility index (Phi) is 6.90. The van der Waals surface area contributed by atoms with E-state index in [2.05, 4.69) is 31.4 Å². The van der Waals surface area contributed by atoms with Crippen LogP contribution in [0, 0.1) is 5.82 Å². The Hall–Kier alpha value is -3.83. The van der Waals surface area contributed by atoms with Gasteiger partial charge in [0, 0.05) is 16.6 Å². The Labute approximate surface area is 224 Å². The molecule has 1 aliphatic rings. The van der Waals surface area contributed by atoms with Gasteiger partial charge in [-0.2, -0.15) is 0 Å². The number of rotatable bonds is 7. The highest BCUT2D eigenvalue weighted by atomic mass is 79.9. The molecule has 0 saturated carbocycles. The van der Waals surface area contributed by atoms with Crippen LogP contribution in [-0.2, 0) is 11.3 Å². The van der Waals surface area contributed by atoms with E-state index in [4.69, 9.17) is 0 Å². The van der Waals surface area contributed by atoms with Crippen LogP contribution in [0.15, 0.2) is 76.4 Å². The van der Waals surface area contributed by atoms with E-state index in [1.807, 2.05) is 11.5 Å². The summed E-state index contributed by atoms with van der Waals surface area (Å²) in [6.45, 7) is 2.48. The molecule has 3 aromatic carbocycles. The summed E-state index contributed by atoms with van der Waals surface area (Å²) >= 11 is 4.38. The molecule has 11 heteroatoms. The summed E-state index contributed by atoms with van der Waals surface area (Å²) in [6, 6.07) is 18.1. The van der Waals surface area contributed by atoms with E-state index >= 15 is 0 Å². The summed E-state index contributed by atoms with van der Waals surface area (Å²) in [5.41, 5.74) is 2.07. The van der Waals surface area contributed by atoms with Crippen molar-refractivity contribution in [2.24, 2.45) is 0 Å². The molecule has 186 valence electrons. The van der Waals surface area contributed by atoms with Crippen molar-refractivity contribution in [1.29, 1.82) is 0 Å². The number of carbonyl (C=O) groups is 3. The molecular weight excluding hydrogens is 561 g/mol. The van der Waals surface area contributed by atoms with Crippen LogP contribution >= 0.6 is 27.7 Å². The fourth-order valence-corrected chi connectivity index (χ4v) is 5.12. The Morgan fingerprint density at radius 3 is 2.30 bits per heavy atom. The number of carbonyl (C=O) groups excluding carboxylic acids is 3. The molecular formula is C26H19BrFN5O3S. The minimum atomic E-state index is -0.531. The fraction of sp³-hybridized carbons (Fsp3) is 0.115. The molecule has 0 unspecified atom stereocenters. The number of aromatic nitrogens is 3. The lowest BCUT2D eigenvalue weighted by Gasteiger charge is -2.14. The molecule has 2 heterocycles. The highest BCUT2D eigenvalue weighted by Gasteiger charge is 2.36. The molecule has 8 nitrogen and oxygen atoms in total. The maximum absolute atomic E-state index is 14.0. The van der Waals surface area contributed by atoms with Crippen molar-refractivity contribution in [3.05, 3.63) is 88.1 Å². The number of hydrogen-bond donors (Lipinski definition) is 1. The van der Waals surface area contributed by atoms with Gasteiger partial charge in [0.25, 0.3) is 11.8 Å². The summed E-state index contributed by atoms with van der Waals surface area (Å²) in [4.78, 5) is 39.1. The maximum Gasteiger partial charge on any atom is 0.266 e. The summed E-state index contributed by atoms with van der Waals surface area (Å²) in [7, 11) is 0. The van der Waals surface area contributed by atoms with Crippen LogP contribution in [-0.4, -0.2) is 38.2 Å². The van der Waals surface area contributed by atoms with Crippen molar-refractivity contribution >= 4 is 56.8 Å². The van der Waals surface area contributed by atoms with Gasteiger partial charge >= 0.3 is 0 Å². The van der Waals surface area contributed by atoms with E-state index < -0.39 is 5.82 Å². The average molecular weight is 580 g/mol. The second-order valence-electron chi connectivity index (χ2n) is 8.05. The van der Waals surface area contributed by atoms with Gasteiger partial charge in [-0.25, -0.2) is 9.29 Å². The fourth-order valence-electron chi connectivity index (χ4n) is 3.98. The van der Waals surface area contributed by atoms with Crippen molar-refractivity contribution in [2.45, 2.75) is 18.6 Å². The third-order valence-corrected chi connectivity index (χ3v) is 7.21. The van der Waals surface area contributed by atoms with Gasteiger partial charge in [-0.15, -0.1) is 10.2 Å². The number of anilines is 2. The average Bonchev–Trinajstić information content (AvgIpc) is 3.43. The van der Waals surface area contributed by atoms with Crippen molar-refractivity contribution < 1.29 is 18.8 Å². The van der Waals surface area contributed by atoms with Crippen molar-refractivity contribution in [3.63, 3.8) is 0 Å². The largest absolute Gasteiger partial charge is 0.323 e. The van der Waals surface area contributed by atoms with E-state index in [1.165, 1.54) is 23.9 Å². The minimum absolute atomic E-state index is 0.0202. The molecule has 1 aromatic heterocycles. The van der Waals surface area contributed by atoms with Gasteiger partial charge in [0.1, 0.15) is 5.82 Å². The first-order valence-electron chi connectivity index (χ1n) is 11.3. The van der Waals surface area contributed by atoms with Crippen LogP contribution in [0.5, 0.6) is 0 Å². The predicted molar refractivity (Wildman–Crippen MR) is 142 cm³/mol. The third kappa shape index (κ3) is 4.79. The van der Waals surface area contributed by atoms with Gasteiger partial charge in [0.15, 0.2) is 11.0 Å². The number of imide groups is 1. The van der Waals surface area contributed by atoms with Gasteiger partial charge in [-0.05, 0) is 61.5 Å². The van der Waals surface area contributed by atoms with E-state index in [-0.39, 0.29) is 29.2 Å². The molecule has 0 saturated heterocycles. The topological polar surface area (TPSA) is 97.2 Å². The molecule has 0 atom stereocenters. The van der Waals surface area contributed by atoms with E-state index in [1.54, 1.807) is 54.6 Å². The first kappa shape index (κ1) is 24.8. The Balaban J connectivity index is 1.29. The van der Waals surface area contributed by atoms with Crippen LogP contribution in [0.3, 0.4) is 0 Å². The normalized spacial score (nSPS) is 12.7. The maximum atomic E-state index is 14.0. The lowest BCUT2D eigenvalue weighted by Crippen LogP contribution is -2.29. The minimum Gasteiger partial charge on any atom is -0.323 e. The quantitative estimate of drug-likeness (QED) is 0.232. The number of benzene rings is 3. The molecule has 37 heavy (non-hydrogen) atoms. The molecule has 5 rings (SSSR count). The zero-order valence-electron chi connectivity index (χ0n) is 19.4. The van der Waals surface area contributed by atoms with Crippen LogP contribution in [0.4, 0.5) is 15.8 Å². The molecule has 4 aromatic rings. The highest BCUT2D eigenvalue weighted by Crippen LogP contribution is 2.31. The molecule has 0 bridgehead atoms. The predicted octanol–water partition coefficient (Wildman–Crippen LogP) is 5.40. The number of amides is 3. The number of nitrogens with one attached hydrogen (secondary N) is 1. The van der Waals surface area contributed by atoms with Crippen LogP contribution in [0.1, 0.15) is 27.6 Å². The molecule has 1 N–H and O–H groups in total. The van der Waals surface area contributed by atoms with Crippen molar-refractivity contribution in [3.8, 4) is 11.4 Å². The third-order valence-electron chi connectivity index (χ3n) is 5.75. The molecule has 0 radical (unpaired) electrons. The Morgan fingerprint density at radius 1 is 1.00 bits per heavy atom. The second kappa shape index (κ2) is 10.3. The molecule has 1 aliphatic heterocycles. The Morgan fingerprint density at radius 2 is 1.68 bits per heavy atom. The van der Waals surface area contributed by atoms with Gasteiger partial charge < -0.3 is 9.88 Å². The monoisotopic (exact) mass is 579 g/mol. The standard InChI is InChI=1S/C26H19BrFN5O3S/c1-2-32-23(30-31-26(32)37-14-22(34)29-21-12-9-16(27)13-20(21)28)15-7-10-17(11-8-15)33-24(35)18-5-3-4-6-19(18)25(33)36/h3-13H,2,14H2,1H3,(H,29,34).